The van der Waals surface area contributed by atoms with Crippen molar-refractivity contribution in [3.05, 3.63) is 29.8 Å². The van der Waals surface area contributed by atoms with Crippen LogP contribution < -0.4 is 17.2 Å². The third-order valence-corrected chi connectivity index (χ3v) is 3.97. The summed E-state index contributed by atoms with van der Waals surface area (Å²) in [6.07, 6.45) is 9.56. The van der Waals surface area contributed by atoms with Gasteiger partial charge in [-0.25, -0.2) is 0 Å². The molecule has 0 aliphatic heterocycles. The molecule has 2 rings (SSSR count). The van der Waals surface area contributed by atoms with Crippen molar-refractivity contribution in [3.63, 3.8) is 0 Å². The molecule has 7 heteroatoms. The van der Waals surface area contributed by atoms with Crippen LogP contribution in [-0.4, -0.2) is 41.1 Å². The van der Waals surface area contributed by atoms with Crippen molar-refractivity contribution in [2.24, 2.45) is 17.2 Å². The number of aldehydes is 1. The van der Waals surface area contributed by atoms with Gasteiger partial charge in [-0.15, -0.1) is 0 Å². The lowest BCUT2D eigenvalue weighted by atomic mass is 9.97. The number of aromatic hydroxyl groups is 1. The molecule has 26 heavy (non-hydrogen) atoms. The van der Waals surface area contributed by atoms with E-state index in [9.17, 15) is 9.59 Å². The van der Waals surface area contributed by atoms with E-state index in [1.54, 1.807) is 12.1 Å². The average molecular weight is 367 g/mol. The molecule has 0 amide bonds. The van der Waals surface area contributed by atoms with E-state index in [-0.39, 0.29) is 5.75 Å². The van der Waals surface area contributed by atoms with Crippen LogP contribution in [0.15, 0.2) is 24.3 Å². The van der Waals surface area contributed by atoms with Gasteiger partial charge in [0.2, 0.25) is 0 Å². The molecule has 0 radical (unpaired) electrons. The molecular formula is C19H33N3O4. The summed E-state index contributed by atoms with van der Waals surface area (Å²) in [5, 5.41) is 17.1. The smallest absolute Gasteiger partial charge is 0.320 e. The Balaban J connectivity index is 0.000000365. The fourth-order valence-corrected chi connectivity index (χ4v) is 2.32. The highest BCUT2D eigenvalue weighted by atomic mass is 16.4. The molecule has 0 heterocycles. The van der Waals surface area contributed by atoms with Crippen molar-refractivity contribution in [2.75, 3.05) is 6.54 Å². The lowest BCUT2D eigenvalue weighted by Crippen LogP contribution is -2.29. The number of carbonyl (C=O) groups excluding carboxylic acids is 1. The third-order valence-electron chi connectivity index (χ3n) is 3.97. The standard InChI is InChI=1S/C7H6O2.C6H14N2O2.C6H13N/c8-5-6-1-3-7(9)4-2-6;7-4-2-1-3-5(8)6(9)10;7-6-4-2-1-3-5-6/h1-5,9H;5H,1-4,7-8H2,(H,9,10);6H,1-5,7H2/t;5-;/m.0./s1. The molecular weight excluding hydrogens is 334 g/mol. The molecule has 1 atom stereocenters. The number of unbranched alkanes of at least 4 members (excludes halogenated alkanes) is 1. The Hall–Kier alpha value is -1.96. The van der Waals surface area contributed by atoms with Crippen LogP contribution >= 0.6 is 0 Å². The van der Waals surface area contributed by atoms with Gasteiger partial charge in [-0.2, -0.15) is 0 Å². The first-order valence-electron chi connectivity index (χ1n) is 9.09. The minimum atomic E-state index is -0.933. The second-order valence-corrected chi connectivity index (χ2v) is 6.34. The summed E-state index contributed by atoms with van der Waals surface area (Å²) in [4.78, 5) is 20.2. The van der Waals surface area contributed by atoms with Crippen molar-refractivity contribution in [3.8, 4) is 5.75 Å². The number of aliphatic carboxylic acids is 1. The lowest BCUT2D eigenvalue weighted by molar-refractivity contribution is -0.138. The summed E-state index contributed by atoms with van der Waals surface area (Å²) in [5.74, 6) is -0.752. The number of benzene rings is 1. The Morgan fingerprint density at radius 2 is 1.73 bits per heavy atom. The van der Waals surface area contributed by atoms with Gasteiger partial charge in [0.15, 0.2) is 0 Å². The maximum absolute atomic E-state index is 10.1. The SMILES string of the molecule is NC1CCCCC1.NCCCC[C@H](N)C(=O)O.O=Cc1ccc(O)cc1. The molecule has 1 saturated carbocycles. The summed E-state index contributed by atoms with van der Waals surface area (Å²) in [7, 11) is 0. The van der Waals surface area contributed by atoms with E-state index in [1.165, 1.54) is 44.2 Å². The van der Waals surface area contributed by atoms with E-state index < -0.39 is 12.0 Å². The molecule has 1 aromatic carbocycles. The fourth-order valence-electron chi connectivity index (χ4n) is 2.32. The highest BCUT2D eigenvalue weighted by molar-refractivity contribution is 5.74. The minimum absolute atomic E-state index is 0.181. The molecule has 1 aliphatic carbocycles. The van der Waals surface area contributed by atoms with Gasteiger partial charge in [0.1, 0.15) is 18.1 Å². The Labute approximate surface area is 155 Å². The van der Waals surface area contributed by atoms with Crippen molar-refractivity contribution in [1.29, 1.82) is 0 Å². The predicted octanol–water partition coefficient (Wildman–Crippen LogP) is 2.01. The molecule has 1 aliphatic rings. The first-order valence-corrected chi connectivity index (χ1v) is 9.09. The van der Waals surface area contributed by atoms with E-state index in [2.05, 4.69) is 0 Å². The van der Waals surface area contributed by atoms with E-state index in [0.717, 1.165) is 19.1 Å². The van der Waals surface area contributed by atoms with Crippen LogP contribution in [0, 0.1) is 0 Å². The molecule has 1 aromatic rings. The second-order valence-electron chi connectivity index (χ2n) is 6.34. The third kappa shape index (κ3) is 13.3. The van der Waals surface area contributed by atoms with E-state index >= 15 is 0 Å². The van der Waals surface area contributed by atoms with Gasteiger partial charge in [0.05, 0.1) is 0 Å². The zero-order chi connectivity index (χ0) is 19.8. The van der Waals surface area contributed by atoms with Crippen molar-refractivity contribution in [2.45, 2.75) is 63.5 Å². The summed E-state index contributed by atoms with van der Waals surface area (Å²) < 4.78 is 0. The van der Waals surface area contributed by atoms with Crippen LogP contribution in [0.3, 0.4) is 0 Å². The number of carboxylic acid groups (broad SMARTS) is 1. The number of carboxylic acids is 1. The normalized spacial score (nSPS) is 14.9. The van der Waals surface area contributed by atoms with Crippen LogP contribution in [0.5, 0.6) is 5.75 Å². The van der Waals surface area contributed by atoms with E-state index in [1.807, 2.05) is 0 Å². The Bertz CT molecular complexity index is 488. The molecule has 7 nitrogen and oxygen atoms in total. The Morgan fingerprint density at radius 3 is 2.12 bits per heavy atom. The van der Waals surface area contributed by atoms with Crippen molar-refractivity contribution in [1.82, 2.24) is 0 Å². The van der Waals surface area contributed by atoms with Gasteiger partial charge in [0, 0.05) is 11.6 Å². The quantitative estimate of drug-likeness (QED) is 0.381. The lowest BCUT2D eigenvalue weighted by Gasteiger charge is -2.15. The average Bonchev–Trinajstić information content (AvgIpc) is 2.64. The Morgan fingerprint density at radius 1 is 1.15 bits per heavy atom. The monoisotopic (exact) mass is 367 g/mol. The van der Waals surface area contributed by atoms with Gasteiger partial charge < -0.3 is 27.4 Å². The highest BCUT2D eigenvalue weighted by Crippen LogP contribution is 2.14. The van der Waals surface area contributed by atoms with Crippen LogP contribution in [0.4, 0.5) is 0 Å². The topological polar surface area (TPSA) is 153 Å². The highest BCUT2D eigenvalue weighted by Gasteiger charge is 2.09. The number of phenols is 1. The molecule has 0 saturated heterocycles. The second kappa shape index (κ2) is 15.3. The van der Waals surface area contributed by atoms with E-state index in [0.29, 0.717) is 24.6 Å². The first kappa shape index (κ1) is 24.0. The zero-order valence-corrected chi connectivity index (χ0v) is 15.3. The molecule has 1 fully saturated rings. The molecule has 148 valence electrons. The Kier molecular flexibility index (Phi) is 14.2. The number of hydrogen-bond acceptors (Lipinski definition) is 6. The van der Waals surface area contributed by atoms with Crippen LogP contribution in [-0.2, 0) is 4.79 Å². The maximum atomic E-state index is 10.1. The number of nitrogens with two attached hydrogens (primary N) is 3. The zero-order valence-electron chi connectivity index (χ0n) is 15.3. The van der Waals surface area contributed by atoms with Gasteiger partial charge in [-0.05, 0) is 56.5 Å². The summed E-state index contributed by atoms with van der Waals surface area (Å²) >= 11 is 0. The number of hydrogen-bond donors (Lipinski definition) is 5. The number of phenolic OH excluding ortho intramolecular Hbond substituents is 1. The minimum Gasteiger partial charge on any atom is -0.508 e. The molecule has 0 bridgehead atoms. The molecule has 8 N–H and O–H groups in total. The molecule has 0 unspecified atom stereocenters. The largest absolute Gasteiger partial charge is 0.508 e. The number of rotatable bonds is 6. The first-order chi connectivity index (χ1) is 12.4. The van der Waals surface area contributed by atoms with E-state index in [4.69, 9.17) is 27.4 Å². The van der Waals surface area contributed by atoms with Gasteiger partial charge in [-0.1, -0.05) is 25.7 Å². The van der Waals surface area contributed by atoms with Crippen LogP contribution in [0.1, 0.15) is 61.7 Å². The van der Waals surface area contributed by atoms with Crippen LogP contribution in [0.25, 0.3) is 0 Å². The fraction of sp³-hybridized carbons (Fsp3) is 0.579. The predicted molar refractivity (Wildman–Crippen MR) is 103 cm³/mol. The van der Waals surface area contributed by atoms with Gasteiger partial charge in [-0.3, -0.25) is 9.59 Å². The van der Waals surface area contributed by atoms with Crippen molar-refractivity contribution >= 4 is 12.3 Å². The maximum Gasteiger partial charge on any atom is 0.320 e. The van der Waals surface area contributed by atoms with Gasteiger partial charge in [0.25, 0.3) is 0 Å². The summed E-state index contributed by atoms with van der Waals surface area (Å²) in [6, 6.07) is 5.89. The molecule has 0 aromatic heterocycles. The molecule has 0 spiro atoms. The summed E-state index contributed by atoms with van der Waals surface area (Å²) in [6.45, 7) is 0.604. The summed E-state index contributed by atoms with van der Waals surface area (Å²) in [5.41, 5.74) is 16.6. The van der Waals surface area contributed by atoms with Crippen LogP contribution in [0.2, 0.25) is 0 Å². The number of carbonyl (C=O) groups is 2. The van der Waals surface area contributed by atoms with Crippen molar-refractivity contribution < 1.29 is 19.8 Å². The van der Waals surface area contributed by atoms with Gasteiger partial charge >= 0.3 is 5.97 Å².